The molecule has 1 aromatic carbocycles. The second-order valence-corrected chi connectivity index (χ2v) is 6.33. The number of hydrogen-bond donors (Lipinski definition) is 0. The maximum atomic E-state index is 13.1. The first-order valence-electron chi connectivity index (χ1n) is 8.09. The van der Waals surface area contributed by atoms with Crippen LogP contribution < -0.4 is 0 Å². The zero-order valence-corrected chi connectivity index (χ0v) is 14.5. The average molecular weight is 367 g/mol. The number of carbonyl (C=O) groups is 1. The third kappa shape index (κ3) is 3.48. The Morgan fingerprint density at radius 3 is 2.81 bits per heavy atom. The van der Waals surface area contributed by atoms with Crippen LogP contribution in [0.4, 0.5) is 0 Å². The zero-order chi connectivity index (χ0) is 17.9. The predicted molar refractivity (Wildman–Crippen MR) is 97.7 cm³/mol. The van der Waals surface area contributed by atoms with Crippen LogP contribution in [0.15, 0.2) is 76.0 Å². The van der Waals surface area contributed by atoms with Crippen molar-refractivity contribution in [3.63, 3.8) is 0 Å². The number of aromatic nitrogens is 1. The van der Waals surface area contributed by atoms with Gasteiger partial charge in [-0.3, -0.25) is 9.78 Å². The van der Waals surface area contributed by atoms with E-state index in [4.69, 9.17) is 20.4 Å². The van der Waals surface area contributed by atoms with Crippen molar-refractivity contribution in [3.8, 4) is 0 Å². The van der Waals surface area contributed by atoms with Gasteiger partial charge in [-0.05, 0) is 48.0 Å². The van der Waals surface area contributed by atoms with E-state index in [1.165, 1.54) is 0 Å². The summed E-state index contributed by atoms with van der Waals surface area (Å²) in [6.45, 7) is 0.726. The van der Waals surface area contributed by atoms with Gasteiger partial charge in [0, 0.05) is 29.3 Å². The minimum Gasteiger partial charge on any atom is -0.467 e. The molecule has 0 fully saturated rings. The van der Waals surface area contributed by atoms with Gasteiger partial charge in [-0.15, -0.1) is 0 Å². The summed E-state index contributed by atoms with van der Waals surface area (Å²) in [7, 11) is 0. The van der Waals surface area contributed by atoms with Gasteiger partial charge in [0.05, 0.1) is 12.8 Å². The molecule has 0 radical (unpaired) electrons. The topological polar surface area (TPSA) is 59.5 Å². The lowest BCUT2D eigenvalue weighted by molar-refractivity contribution is 0.0687. The van der Waals surface area contributed by atoms with Crippen LogP contribution in [0.2, 0.25) is 5.02 Å². The Hall–Kier alpha value is -3.05. The Balaban J connectivity index is 1.65. The van der Waals surface area contributed by atoms with Crippen LogP contribution in [0.25, 0.3) is 11.0 Å². The molecule has 0 aliphatic carbocycles. The molecule has 0 bridgehead atoms. The molecule has 0 saturated carbocycles. The molecule has 0 saturated heterocycles. The minimum atomic E-state index is -0.224. The highest BCUT2D eigenvalue weighted by Gasteiger charge is 2.21. The van der Waals surface area contributed by atoms with Gasteiger partial charge in [-0.2, -0.15) is 0 Å². The van der Waals surface area contributed by atoms with Crippen molar-refractivity contribution in [1.82, 2.24) is 9.88 Å². The van der Waals surface area contributed by atoms with Crippen molar-refractivity contribution in [3.05, 3.63) is 89.3 Å². The zero-order valence-electron chi connectivity index (χ0n) is 13.8. The quantitative estimate of drug-likeness (QED) is 0.503. The number of fused-ring (bicyclic) bond motifs is 1. The summed E-state index contributed by atoms with van der Waals surface area (Å²) in [5.74, 6) is 0.733. The molecule has 0 N–H and O–H groups in total. The second-order valence-electron chi connectivity index (χ2n) is 5.89. The van der Waals surface area contributed by atoms with Crippen molar-refractivity contribution >= 4 is 28.5 Å². The predicted octanol–water partition coefficient (Wildman–Crippen LogP) is 4.92. The van der Waals surface area contributed by atoms with E-state index in [-0.39, 0.29) is 11.7 Å². The molecule has 4 rings (SSSR count). The smallest absolute Gasteiger partial charge is 0.290 e. The molecular weight excluding hydrogens is 352 g/mol. The highest BCUT2D eigenvalue weighted by Crippen LogP contribution is 2.25. The van der Waals surface area contributed by atoms with Gasteiger partial charge < -0.3 is 13.7 Å². The summed E-state index contributed by atoms with van der Waals surface area (Å²) in [6.07, 6.45) is 5.03. The van der Waals surface area contributed by atoms with Crippen LogP contribution >= 0.6 is 11.6 Å². The Bertz CT molecular complexity index is 1030. The van der Waals surface area contributed by atoms with Crippen molar-refractivity contribution in [1.29, 1.82) is 0 Å². The third-order valence-electron chi connectivity index (χ3n) is 4.00. The highest BCUT2D eigenvalue weighted by atomic mass is 35.5. The number of carbonyl (C=O) groups excluding carboxylic acids is 1. The van der Waals surface area contributed by atoms with E-state index in [9.17, 15) is 4.79 Å². The van der Waals surface area contributed by atoms with E-state index in [2.05, 4.69) is 4.98 Å². The average Bonchev–Trinajstić information content (AvgIpc) is 3.30. The molecule has 4 aromatic rings. The molecular formula is C20H15ClN2O3. The fourth-order valence-electron chi connectivity index (χ4n) is 2.78. The Labute approximate surface area is 154 Å². The molecule has 0 unspecified atom stereocenters. The van der Waals surface area contributed by atoms with Crippen LogP contribution in [0.5, 0.6) is 0 Å². The molecule has 0 atom stereocenters. The SMILES string of the molecule is O=C(c1cc2cc(Cl)ccc2o1)N(Cc1cccnc1)Cc1ccco1. The van der Waals surface area contributed by atoms with Gasteiger partial charge in [-0.25, -0.2) is 0 Å². The highest BCUT2D eigenvalue weighted by molar-refractivity contribution is 6.31. The van der Waals surface area contributed by atoms with Crippen LogP contribution in [0.3, 0.4) is 0 Å². The Morgan fingerprint density at radius 2 is 2.04 bits per heavy atom. The first kappa shape index (κ1) is 16.4. The number of pyridine rings is 1. The standard InChI is InChI=1S/C20H15ClN2O3/c21-16-5-6-18-15(9-16)10-19(26-18)20(24)23(13-17-4-2-8-25-17)12-14-3-1-7-22-11-14/h1-11H,12-13H2. The molecule has 0 aliphatic rings. The van der Waals surface area contributed by atoms with E-state index in [0.29, 0.717) is 29.5 Å². The molecule has 0 aliphatic heterocycles. The summed E-state index contributed by atoms with van der Waals surface area (Å²) >= 11 is 6.02. The summed E-state index contributed by atoms with van der Waals surface area (Å²) in [6, 6.07) is 14.4. The van der Waals surface area contributed by atoms with E-state index in [0.717, 1.165) is 10.9 Å². The van der Waals surface area contributed by atoms with Crippen molar-refractivity contribution in [2.45, 2.75) is 13.1 Å². The van der Waals surface area contributed by atoms with E-state index in [1.807, 2.05) is 18.2 Å². The molecule has 5 nitrogen and oxygen atoms in total. The lowest BCUT2D eigenvalue weighted by atomic mass is 10.2. The molecule has 0 spiro atoms. The molecule has 3 heterocycles. The maximum absolute atomic E-state index is 13.1. The molecule has 130 valence electrons. The Kier molecular flexibility index (Phi) is 4.46. The summed E-state index contributed by atoms with van der Waals surface area (Å²) < 4.78 is 11.1. The fraction of sp³-hybridized carbons (Fsp3) is 0.100. The monoisotopic (exact) mass is 366 g/mol. The van der Waals surface area contributed by atoms with Crippen LogP contribution in [-0.2, 0) is 13.1 Å². The molecule has 3 aromatic heterocycles. The summed E-state index contributed by atoms with van der Waals surface area (Å²) in [5.41, 5.74) is 1.55. The van der Waals surface area contributed by atoms with E-state index >= 15 is 0 Å². The molecule has 1 amide bonds. The lowest BCUT2D eigenvalue weighted by Gasteiger charge is -2.20. The van der Waals surface area contributed by atoms with Crippen LogP contribution in [-0.4, -0.2) is 15.8 Å². The minimum absolute atomic E-state index is 0.224. The maximum Gasteiger partial charge on any atom is 0.290 e. The van der Waals surface area contributed by atoms with Crippen molar-refractivity contribution in [2.24, 2.45) is 0 Å². The number of rotatable bonds is 5. The summed E-state index contributed by atoms with van der Waals surface area (Å²) in [5, 5.41) is 1.39. The lowest BCUT2D eigenvalue weighted by Crippen LogP contribution is -2.29. The second kappa shape index (κ2) is 7.06. The number of hydrogen-bond acceptors (Lipinski definition) is 4. The normalized spacial score (nSPS) is 11.0. The largest absolute Gasteiger partial charge is 0.467 e. The van der Waals surface area contributed by atoms with Gasteiger partial charge in [-0.1, -0.05) is 17.7 Å². The van der Waals surface area contributed by atoms with Crippen molar-refractivity contribution in [2.75, 3.05) is 0 Å². The first-order chi connectivity index (χ1) is 12.7. The summed E-state index contributed by atoms with van der Waals surface area (Å²) in [4.78, 5) is 18.8. The van der Waals surface area contributed by atoms with Crippen molar-refractivity contribution < 1.29 is 13.6 Å². The number of furan rings is 2. The van der Waals surface area contributed by atoms with Gasteiger partial charge in [0.15, 0.2) is 5.76 Å². The third-order valence-corrected chi connectivity index (χ3v) is 4.23. The Morgan fingerprint density at radius 1 is 1.12 bits per heavy atom. The van der Waals surface area contributed by atoms with Gasteiger partial charge >= 0.3 is 0 Å². The number of halogens is 1. The van der Waals surface area contributed by atoms with E-state index in [1.54, 1.807) is 53.9 Å². The molecule has 26 heavy (non-hydrogen) atoms. The number of nitrogens with zero attached hydrogens (tertiary/aromatic N) is 2. The fourth-order valence-corrected chi connectivity index (χ4v) is 2.96. The molecule has 6 heteroatoms. The van der Waals surface area contributed by atoms with Crippen LogP contribution in [0.1, 0.15) is 21.9 Å². The van der Waals surface area contributed by atoms with Gasteiger partial charge in [0.1, 0.15) is 11.3 Å². The van der Waals surface area contributed by atoms with Gasteiger partial charge in [0.2, 0.25) is 0 Å². The number of amides is 1. The van der Waals surface area contributed by atoms with Crippen LogP contribution in [0, 0.1) is 0 Å². The van der Waals surface area contributed by atoms with E-state index < -0.39 is 0 Å². The number of benzene rings is 1. The van der Waals surface area contributed by atoms with Gasteiger partial charge in [0.25, 0.3) is 5.91 Å². The first-order valence-corrected chi connectivity index (χ1v) is 8.46.